The molecule has 1 saturated heterocycles. The number of amidine groups is 1. The van der Waals surface area contributed by atoms with E-state index in [2.05, 4.69) is 11.8 Å². The van der Waals surface area contributed by atoms with Crippen LogP contribution in [0.15, 0.2) is 30.3 Å². The Kier molecular flexibility index (Phi) is 3.05. The molecule has 0 amide bonds. The van der Waals surface area contributed by atoms with Crippen LogP contribution >= 0.6 is 0 Å². The molecule has 1 aliphatic heterocycles. The molecule has 1 aliphatic rings. The molecule has 0 bridgehead atoms. The molecule has 1 atom stereocenters. The minimum Gasteiger partial charge on any atom is -0.354 e. The summed E-state index contributed by atoms with van der Waals surface area (Å²) < 4.78 is 0. The molecule has 1 aromatic rings. The third-order valence-electron chi connectivity index (χ3n) is 3.14. The normalized spacial score (nSPS) is 21.4. The van der Waals surface area contributed by atoms with Gasteiger partial charge in [0.05, 0.1) is 0 Å². The fraction of sp³-hybridized carbons (Fsp3) is 0.462. The van der Waals surface area contributed by atoms with E-state index in [1.54, 1.807) is 0 Å². The third-order valence-corrected chi connectivity index (χ3v) is 3.14. The van der Waals surface area contributed by atoms with Crippen LogP contribution < -0.4 is 0 Å². The Morgan fingerprint density at radius 1 is 1.27 bits per heavy atom. The maximum atomic E-state index is 8.18. The molecule has 1 unspecified atom stereocenters. The minimum atomic E-state index is 0.520. The summed E-state index contributed by atoms with van der Waals surface area (Å²) in [5.74, 6) is 0.683. The summed E-state index contributed by atoms with van der Waals surface area (Å²) in [5.41, 5.74) is 1.03. The molecular formula is C13H18N2. The lowest BCUT2D eigenvalue weighted by Crippen LogP contribution is -2.42. The maximum absolute atomic E-state index is 8.18. The summed E-state index contributed by atoms with van der Waals surface area (Å²) in [4.78, 5) is 2.22. The van der Waals surface area contributed by atoms with Crippen LogP contribution in [-0.4, -0.2) is 23.3 Å². The van der Waals surface area contributed by atoms with Crippen molar-refractivity contribution in [1.29, 1.82) is 5.41 Å². The van der Waals surface area contributed by atoms with Crippen molar-refractivity contribution in [2.75, 3.05) is 6.54 Å². The molecule has 0 spiro atoms. The van der Waals surface area contributed by atoms with Crippen LogP contribution in [0.1, 0.15) is 31.7 Å². The molecule has 1 aromatic carbocycles. The number of nitrogens with one attached hydrogen (secondary N) is 1. The first-order valence-electron chi connectivity index (χ1n) is 5.69. The van der Waals surface area contributed by atoms with E-state index in [-0.39, 0.29) is 0 Å². The molecule has 0 aromatic heterocycles. The highest BCUT2D eigenvalue weighted by molar-refractivity contribution is 5.96. The van der Waals surface area contributed by atoms with Crippen molar-refractivity contribution < 1.29 is 0 Å². The topological polar surface area (TPSA) is 27.1 Å². The highest BCUT2D eigenvalue weighted by Gasteiger charge is 2.21. The summed E-state index contributed by atoms with van der Waals surface area (Å²) in [6, 6.07) is 10.5. The number of hydrogen-bond donors (Lipinski definition) is 1. The Labute approximate surface area is 91.4 Å². The number of rotatable bonds is 1. The SMILES string of the molecule is CC1CCCCN1C(=N)c1ccccc1. The summed E-state index contributed by atoms with van der Waals surface area (Å²) in [7, 11) is 0. The lowest BCUT2D eigenvalue weighted by atomic mass is 10.0. The van der Waals surface area contributed by atoms with Crippen LogP contribution in [0.4, 0.5) is 0 Å². The van der Waals surface area contributed by atoms with Crippen LogP contribution in [0.3, 0.4) is 0 Å². The Balaban J connectivity index is 2.13. The fourth-order valence-electron chi connectivity index (χ4n) is 2.19. The second-order valence-corrected chi connectivity index (χ2v) is 4.25. The van der Waals surface area contributed by atoms with E-state index in [0.29, 0.717) is 11.9 Å². The van der Waals surface area contributed by atoms with E-state index < -0.39 is 0 Å². The zero-order chi connectivity index (χ0) is 10.7. The van der Waals surface area contributed by atoms with Gasteiger partial charge in [0, 0.05) is 18.2 Å². The van der Waals surface area contributed by atoms with Gasteiger partial charge in [-0.05, 0) is 26.2 Å². The van der Waals surface area contributed by atoms with Gasteiger partial charge in [-0.3, -0.25) is 5.41 Å². The van der Waals surface area contributed by atoms with Gasteiger partial charge >= 0.3 is 0 Å². The largest absolute Gasteiger partial charge is 0.354 e. The summed E-state index contributed by atoms with van der Waals surface area (Å²) in [6.07, 6.45) is 3.74. The number of piperidine rings is 1. The van der Waals surface area contributed by atoms with Crippen molar-refractivity contribution in [3.63, 3.8) is 0 Å². The molecule has 0 radical (unpaired) electrons. The van der Waals surface area contributed by atoms with Gasteiger partial charge in [0.2, 0.25) is 0 Å². The Morgan fingerprint density at radius 2 is 2.00 bits per heavy atom. The first-order valence-corrected chi connectivity index (χ1v) is 5.69. The number of benzene rings is 1. The Morgan fingerprint density at radius 3 is 2.67 bits per heavy atom. The molecule has 2 rings (SSSR count). The summed E-state index contributed by atoms with van der Waals surface area (Å²) in [6.45, 7) is 3.26. The molecule has 2 heteroatoms. The van der Waals surface area contributed by atoms with Gasteiger partial charge in [-0.15, -0.1) is 0 Å². The fourth-order valence-corrected chi connectivity index (χ4v) is 2.19. The van der Waals surface area contributed by atoms with Gasteiger partial charge in [0.15, 0.2) is 0 Å². The zero-order valence-electron chi connectivity index (χ0n) is 9.24. The average Bonchev–Trinajstić information content (AvgIpc) is 2.30. The number of nitrogens with zero attached hydrogens (tertiary/aromatic N) is 1. The molecule has 80 valence electrons. The predicted molar refractivity (Wildman–Crippen MR) is 63.3 cm³/mol. The van der Waals surface area contributed by atoms with Gasteiger partial charge < -0.3 is 4.90 Å². The van der Waals surface area contributed by atoms with Gasteiger partial charge in [0.25, 0.3) is 0 Å². The minimum absolute atomic E-state index is 0.520. The highest BCUT2D eigenvalue weighted by atomic mass is 15.2. The van der Waals surface area contributed by atoms with E-state index in [0.717, 1.165) is 12.1 Å². The van der Waals surface area contributed by atoms with Crippen molar-refractivity contribution in [2.24, 2.45) is 0 Å². The van der Waals surface area contributed by atoms with E-state index in [9.17, 15) is 0 Å². The highest BCUT2D eigenvalue weighted by Crippen LogP contribution is 2.18. The van der Waals surface area contributed by atoms with E-state index in [4.69, 9.17) is 5.41 Å². The van der Waals surface area contributed by atoms with Crippen molar-refractivity contribution in [2.45, 2.75) is 32.2 Å². The lowest BCUT2D eigenvalue weighted by Gasteiger charge is -2.35. The molecular weight excluding hydrogens is 184 g/mol. The van der Waals surface area contributed by atoms with E-state index in [1.165, 1.54) is 19.3 Å². The molecule has 0 aliphatic carbocycles. The second kappa shape index (κ2) is 4.47. The standard InChI is InChI=1S/C13H18N2/c1-11-7-5-6-10-15(11)13(14)12-8-3-2-4-9-12/h2-4,8-9,11,14H,5-7,10H2,1H3. The zero-order valence-corrected chi connectivity index (χ0v) is 9.24. The summed E-state index contributed by atoms with van der Waals surface area (Å²) in [5, 5.41) is 8.18. The summed E-state index contributed by atoms with van der Waals surface area (Å²) >= 11 is 0. The van der Waals surface area contributed by atoms with Crippen molar-refractivity contribution >= 4 is 5.84 Å². The third kappa shape index (κ3) is 2.20. The number of hydrogen-bond acceptors (Lipinski definition) is 1. The van der Waals surface area contributed by atoms with Crippen LogP contribution in [0.25, 0.3) is 0 Å². The van der Waals surface area contributed by atoms with Crippen molar-refractivity contribution in [3.8, 4) is 0 Å². The molecule has 2 nitrogen and oxygen atoms in total. The smallest absolute Gasteiger partial charge is 0.128 e. The maximum Gasteiger partial charge on any atom is 0.128 e. The molecule has 1 heterocycles. The predicted octanol–water partition coefficient (Wildman–Crippen LogP) is 2.89. The van der Waals surface area contributed by atoms with Crippen molar-refractivity contribution in [1.82, 2.24) is 4.90 Å². The van der Waals surface area contributed by atoms with Crippen LogP contribution in [0.5, 0.6) is 0 Å². The van der Waals surface area contributed by atoms with Gasteiger partial charge in [0.1, 0.15) is 5.84 Å². The molecule has 0 saturated carbocycles. The Bertz CT molecular complexity index is 332. The quantitative estimate of drug-likeness (QED) is 0.550. The first-order chi connectivity index (χ1) is 7.29. The second-order valence-electron chi connectivity index (χ2n) is 4.25. The molecule has 1 N–H and O–H groups in total. The Hall–Kier alpha value is -1.31. The van der Waals surface area contributed by atoms with Gasteiger partial charge in [-0.1, -0.05) is 30.3 Å². The van der Waals surface area contributed by atoms with Gasteiger partial charge in [-0.25, -0.2) is 0 Å². The van der Waals surface area contributed by atoms with Gasteiger partial charge in [-0.2, -0.15) is 0 Å². The van der Waals surface area contributed by atoms with Crippen molar-refractivity contribution in [3.05, 3.63) is 35.9 Å². The van der Waals surface area contributed by atoms with E-state index in [1.807, 2.05) is 30.3 Å². The molecule has 15 heavy (non-hydrogen) atoms. The average molecular weight is 202 g/mol. The molecule has 1 fully saturated rings. The monoisotopic (exact) mass is 202 g/mol. The van der Waals surface area contributed by atoms with Crippen LogP contribution in [0.2, 0.25) is 0 Å². The lowest BCUT2D eigenvalue weighted by molar-refractivity contribution is 0.257. The van der Waals surface area contributed by atoms with E-state index >= 15 is 0 Å². The van der Waals surface area contributed by atoms with Crippen LogP contribution in [-0.2, 0) is 0 Å². The number of likely N-dealkylation sites (tertiary alicyclic amines) is 1. The first kappa shape index (κ1) is 10.2. The van der Waals surface area contributed by atoms with Crippen LogP contribution in [0, 0.1) is 5.41 Å².